The minimum atomic E-state index is 0.544. The molecule has 0 saturated carbocycles. The summed E-state index contributed by atoms with van der Waals surface area (Å²) in [7, 11) is 6.02. The van der Waals surface area contributed by atoms with E-state index in [9.17, 15) is 0 Å². The van der Waals surface area contributed by atoms with Crippen molar-refractivity contribution < 1.29 is 4.74 Å². The SMILES string of the molecule is CN(C)CCOc1nc2ccc(N)cc2nc1N(C)Cc1ccccc1. The van der Waals surface area contributed by atoms with Crippen LogP contribution in [0.4, 0.5) is 11.5 Å². The molecule has 3 aromatic rings. The molecule has 26 heavy (non-hydrogen) atoms. The van der Waals surface area contributed by atoms with Crippen LogP contribution in [0.25, 0.3) is 11.0 Å². The Morgan fingerprint density at radius 3 is 2.46 bits per heavy atom. The number of hydrogen-bond donors (Lipinski definition) is 1. The molecule has 0 amide bonds. The van der Waals surface area contributed by atoms with Crippen molar-refractivity contribution in [2.75, 3.05) is 44.9 Å². The van der Waals surface area contributed by atoms with Crippen LogP contribution < -0.4 is 15.4 Å². The lowest BCUT2D eigenvalue weighted by Gasteiger charge is -2.21. The lowest BCUT2D eigenvalue weighted by atomic mass is 10.2. The summed E-state index contributed by atoms with van der Waals surface area (Å²) in [4.78, 5) is 13.6. The first-order chi connectivity index (χ1) is 12.5. The Bertz CT molecular complexity index is 867. The Morgan fingerprint density at radius 2 is 1.73 bits per heavy atom. The van der Waals surface area contributed by atoms with Crippen molar-refractivity contribution in [1.29, 1.82) is 0 Å². The monoisotopic (exact) mass is 351 g/mol. The van der Waals surface area contributed by atoms with E-state index in [2.05, 4.69) is 26.9 Å². The van der Waals surface area contributed by atoms with Gasteiger partial charge < -0.3 is 20.3 Å². The van der Waals surface area contributed by atoms with E-state index in [0.29, 0.717) is 30.5 Å². The normalized spacial score (nSPS) is 11.1. The maximum Gasteiger partial charge on any atom is 0.258 e. The Hall–Kier alpha value is -2.86. The van der Waals surface area contributed by atoms with Crippen molar-refractivity contribution in [2.24, 2.45) is 0 Å². The number of ether oxygens (including phenoxy) is 1. The molecule has 0 atom stereocenters. The standard InChI is InChI=1S/C20H25N5O/c1-24(2)11-12-26-20-19(25(3)14-15-7-5-4-6-8-15)22-18-13-16(21)9-10-17(18)23-20/h4-10,13H,11-12,14,21H2,1-3H3. The Balaban J connectivity index is 1.93. The second-order valence-corrected chi connectivity index (χ2v) is 6.59. The largest absolute Gasteiger partial charge is 0.474 e. The van der Waals surface area contributed by atoms with E-state index in [0.717, 1.165) is 17.6 Å². The predicted molar refractivity (Wildman–Crippen MR) is 107 cm³/mol. The number of anilines is 2. The summed E-state index contributed by atoms with van der Waals surface area (Å²) in [6.45, 7) is 2.07. The van der Waals surface area contributed by atoms with Gasteiger partial charge in [-0.15, -0.1) is 0 Å². The molecule has 2 aromatic carbocycles. The minimum absolute atomic E-state index is 0.544. The highest BCUT2D eigenvalue weighted by atomic mass is 16.5. The average molecular weight is 351 g/mol. The summed E-state index contributed by atoms with van der Waals surface area (Å²) in [6, 6.07) is 15.8. The lowest BCUT2D eigenvalue weighted by Crippen LogP contribution is -2.22. The van der Waals surface area contributed by atoms with E-state index in [1.165, 1.54) is 5.56 Å². The molecule has 0 saturated heterocycles. The number of benzene rings is 2. The van der Waals surface area contributed by atoms with Crippen molar-refractivity contribution >= 4 is 22.5 Å². The summed E-state index contributed by atoms with van der Waals surface area (Å²) in [5.41, 5.74) is 9.31. The number of nitrogens with two attached hydrogens (primary N) is 1. The quantitative estimate of drug-likeness (QED) is 0.660. The molecule has 0 aliphatic heterocycles. The minimum Gasteiger partial charge on any atom is -0.474 e. The van der Waals surface area contributed by atoms with Gasteiger partial charge in [0, 0.05) is 25.8 Å². The molecule has 6 nitrogen and oxygen atoms in total. The van der Waals surface area contributed by atoms with E-state index < -0.39 is 0 Å². The first kappa shape index (κ1) is 17.9. The van der Waals surface area contributed by atoms with Crippen LogP contribution >= 0.6 is 0 Å². The highest BCUT2D eigenvalue weighted by Gasteiger charge is 2.15. The predicted octanol–water partition coefficient (Wildman–Crippen LogP) is 2.79. The molecule has 0 fully saturated rings. The van der Waals surface area contributed by atoms with Gasteiger partial charge in [-0.1, -0.05) is 30.3 Å². The topological polar surface area (TPSA) is 67.5 Å². The van der Waals surface area contributed by atoms with E-state index in [-0.39, 0.29) is 0 Å². The van der Waals surface area contributed by atoms with E-state index in [1.54, 1.807) is 0 Å². The number of fused-ring (bicyclic) bond motifs is 1. The molecular weight excluding hydrogens is 326 g/mol. The van der Waals surface area contributed by atoms with Gasteiger partial charge >= 0.3 is 0 Å². The van der Waals surface area contributed by atoms with E-state index in [4.69, 9.17) is 15.5 Å². The van der Waals surface area contributed by atoms with Gasteiger partial charge in [-0.3, -0.25) is 0 Å². The highest BCUT2D eigenvalue weighted by molar-refractivity contribution is 5.80. The molecule has 0 aliphatic carbocycles. The van der Waals surface area contributed by atoms with Gasteiger partial charge in [0.25, 0.3) is 5.88 Å². The highest BCUT2D eigenvalue weighted by Crippen LogP contribution is 2.28. The van der Waals surface area contributed by atoms with Crippen LogP contribution in [0, 0.1) is 0 Å². The maximum absolute atomic E-state index is 5.96. The van der Waals surface area contributed by atoms with Crippen LogP contribution in [0.2, 0.25) is 0 Å². The molecule has 0 radical (unpaired) electrons. The van der Waals surface area contributed by atoms with Gasteiger partial charge in [0.2, 0.25) is 0 Å². The molecule has 3 rings (SSSR count). The van der Waals surface area contributed by atoms with Gasteiger partial charge in [-0.25, -0.2) is 9.97 Å². The van der Waals surface area contributed by atoms with Crippen LogP contribution in [0.5, 0.6) is 5.88 Å². The van der Waals surface area contributed by atoms with Gasteiger partial charge in [0.1, 0.15) is 6.61 Å². The molecule has 0 aliphatic rings. The van der Waals surface area contributed by atoms with Crippen molar-refractivity contribution in [2.45, 2.75) is 6.54 Å². The average Bonchev–Trinajstić information content (AvgIpc) is 2.61. The molecule has 0 unspecified atom stereocenters. The number of likely N-dealkylation sites (N-methyl/N-ethyl adjacent to an activating group) is 1. The zero-order chi connectivity index (χ0) is 18.5. The summed E-state index contributed by atoms with van der Waals surface area (Å²) in [5, 5.41) is 0. The van der Waals surface area contributed by atoms with Crippen molar-refractivity contribution in [3.63, 3.8) is 0 Å². The molecule has 1 heterocycles. The Labute approximate surface area is 154 Å². The summed E-state index contributed by atoms with van der Waals surface area (Å²) < 4.78 is 5.96. The zero-order valence-corrected chi connectivity index (χ0v) is 15.5. The van der Waals surface area contributed by atoms with E-state index in [1.807, 2.05) is 57.5 Å². The van der Waals surface area contributed by atoms with Gasteiger partial charge in [-0.05, 0) is 37.9 Å². The fraction of sp³-hybridized carbons (Fsp3) is 0.300. The van der Waals surface area contributed by atoms with Gasteiger partial charge in [0.15, 0.2) is 5.82 Å². The van der Waals surface area contributed by atoms with E-state index >= 15 is 0 Å². The lowest BCUT2D eigenvalue weighted by molar-refractivity contribution is 0.254. The molecule has 0 bridgehead atoms. The van der Waals surface area contributed by atoms with Crippen molar-refractivity contribution in [1.82, 2.24) is 14.9 Å². The third-order valence-corrected chi connectivity index (χ3v) is 4.04. The van der Waals surface area contributed by atoms with Crippen LogP contribution in [0.1, 0.15) is 5.56 Å². The molecule has 6 heteroatoms. The third kappa shape index (κ3) is 4.40. The number of nitrogens with zero attached hydrogens (tertiary/aromatic N) is 4. The second-order valence-electron chi connectivity index (χ2n) is 6.59. The van der Waals surface area contributed by atoms with Crippen LogP contribution in [0.15, 0.2) is 48.5 Å². The fourth-order valence-corrected chi connectivity index (χ4v) is 2.65. The summed E-state index contributed by atoms with van der Waals surface area (Å²) in [6.07, 6.45) is 0. The molecule has 136 valence electrons. The summed E-state index contributed by atoms with van der Waals surface area (Å²) >= 11 is 0. The molecule has 1 aromatic heterocycles. The Morgan fingerprint density at radius 1 is 0.962 bits per heavy atom. The van der Waals surface area contributed by atoms with Crippen LogP contribution in [-0.4, -0.2) is 49.2 Å². The number of rotatable bonds is 7. The summed E-state index contributed by atoms with van der Waals surface area (Å²) in [5.74, 6) is 1.26. The van der Waals surface area contributed by atoms with Gasteiger partial charge in [-0.2, -0.15) is 0 Å². The fourth-order valence-electron chi connectivity index (χ4n) is 2.65. The maximum atomic E-state index is 5.96. The number of nitrogen functional groups attached to an aromatic ring is 1. The van der Waals surface area contributed by atoms with Crippen LogP contribution in [-0.2, 0) is 6.54 Å². The first-order valence-corrected chi connectivity index (χ1v) is 8.63. The molecule has 2 N–H and O–H groups in total. The molecule has 0 spiro atoms. The van der Waals surface area contributed by atoms with Crippen molar-refractivity contribution in [3.8, 4) is 5.88 Å². The number of aromatic nitrogens is 2. The number of hydrogen-bond acceptors (Lipinski definition) is 6. The third-order valence-electron chi connectivity index (χ3n) is 4.04. The van der Waals surface area contributed by atoms with Crippen LogP contribution in [0.3, 0.4) is 0 Å². The smallest absolute Gasteiger partial charge is 0.258 e. The first-order valence-electron chi connectivity index (χ1n) is 8.63. The second kappa shape index (κ2) is 8.01. The Kier molecular flexibility index (Phi) is 5.53. The van der Waals surface area contributed by atoms with Gasteiger partial charge in [0.05, 0.1) is 11.0 Å². The molecular formula is C20H25N5O. The zero-order valence-electron chi connectivity index (χ0n) is 15.5. The van der Waals surface area contributed by atoms with Crippen molar-refractivity contribution in [3.05, 3.63) is 54.1 Å².